The Hall–Kier alpha value is -1.89. The summed E-state index contributed by atoms with van der Waals surface area (Å²) in [4.78, 5) is 27.8. The first kappa shape index (κ1) is 15.0. The molecule has 7 nitrogen and oxygen atoms in total. The number of rotatable bonds is 4. The molecule has 1 atom stereocenters. The van der Waals surface area contributed by atoms with Gasteiger partial charge in [0, 0.05) is 37.9 Å². The Morgan fingerprint density at radius 2 is 2.14 bits per heavy atom. The van der Waals surface area contributed by atoms with Crippen molar-refractivity contribution < 1.29 is 9.59 Å². The molecule has 1 aromatic heterocycles. The van der Waals surface area contributed by atoms with Crippen LogP contribution in [0.4, 0.5) is 4.79 Å². The maximum Gasteiger partial charge on any atom is 0.325 e. The Labute approximate surface area is 130 Å². The van der Waals surface area contributed by atoms with E-state index < -0.39 is 5.54 Å². The van der Waals surface area contributed by atoms with E-state index in [0.29, 0.717) is 19.1 Å². The van der Waals surface area contributed by atoms with Crippen molar-refractivity contribution in [1.29, 1.82) is 0 Å². The maximum absolute atomic E-state index is 12.2. The van der Waals surface area contributed by atoms with Crippen molar-refractivity contribution in [3.05, 3.63) is 18.0 Å². The molecule has 0 unspecified atom stereocenters. The van der Waals surface area contributed by atoms with Crippen molar-refractivity contribution in [2.75, 3.05) is 19.6 Å². The van der Waals surface area contributed by atoms with Gasteiger partial charge in [0.15, 0.2) is 0 Å². The van der Waals surface area contributed by atoms with Gasteiger partial charge in [-0.15, -0.1) is 0 Å². The van der Waals surface area contributed by atoms with Crippen LogP contribution in [0.2, 0.25) is 0 Å². The molecule has 1 N–H and O–H groups in total. The molecule has 0 bridgehead atoms. The van der Waals surface area contributed by atoms with Gasteiger partial charge in [-0.2, -0.15) is 5.10 Å². The lowest BCUT2D eigenvalue weighted by atomic mass is 10.1. The van der Waals surface area contributed by atoms with E-state index in [9.17, 15) is 9.59 Å². The maximum atomic E-state index is 12.2. The van der Waals surface area contributed by atoms with Gasteiger partial charge in [0.25, 0.3) is 5.91 Å². The van der Waals surface area contributed by atoms with E-state index in [1.807, 2.05) is 24.1 Å². The molecule has 0 saturated carbocycles. The second-order valence-electron chi connectivity index (χ2n) is 6.65. The van der Waals surface area contributed by atoms with Crippen LogP contribution in [-0.2, 0) is 11.8 Å². The molecule has 0 aliphatic carbocycles. The zero-order valence-corrected chi connectivity index (χ0v) is 13.4. The molecule has 2 saturated heterocycles. The standard InChI is InChI=1S/C15H23N5O2/c1-15(2)13(21)20(14(22)17-15)8-7-19-6-4-5-12(19)11-9-16-18(3)10-11/h9-10,12H,4-8H2,1-3H3,(H,17,22)/t12-/m0/s1. The summed E-state index contributed by atoms with van der Waals surface area (Å²) >= 11 is 0. The van der Waals surface area contributed by atoms with Gasteiger partial charge in [0.2, 0.25) is 0 Å². The molecule has 3 heterocycles. The van der Waals surface area contributed by atoms with E-state index in [0.717, 1.165) is 19.4 Å². The SMILES string of the molecule is Cn1cc([C@@H]2CCCN2CCN2C(=O)NC(C)(C)C2=O)cn1. The monoisotopic (exact) mass is 305 g/mol. The lowest BCUT2D eigenvalue weighted by Crippen LogP contribution is -2.41. The van der Waals surface area contributed by atoms with Gasteiger partial charge in [-0.05, 0) is 33.2 Å². The summed E-state index contributed by atoms with van der Waals surface area (Å²) in [5, 5.41) is 6.96. The highest BCUT2D eigenvalue weighted by Crippen LogP contribution is 2.31. The first-order chi connectivity index (χ1) is 10.4. The highest BCUT2D eigenvalue weighted by atomic mass is 16.2. The van der Waals surface area contributed by atoms with Gasteiger partial charge in [-0.3, -0.25) is 19.3 Å². The van der Waals surface area contributed by atoms with Crippen molar-refractivity contribution in [3.63, 3.8) is 0 Å². The highest BCUT2D eigenvalue weighted by molar-refractivity contribution is 6.06. The van der Waals surface area contributed by atoms with Crippen LogP contribution in [0.5, 0.6) is 0 Å². The second kappa shape index (κ2) is 5.39. The van der Waals surface area contributed by atoms with E-state index >= 15 is 0 Å². The fraction of sp³-hybridized carbons (Fsp3) is 0.667. The third-order valence-electron chi connectivity index (χ3n) is 4.53. The number of urea groups is 1. The van der Waals surface area contributed by atoms with Gasteiger partial charge < -0.3 is 5.32 Å². The molecule has 0 radical (unpaired) electrons. The lowest BCUT2D eigenvalue weighted by molar-refractivity contribution is -0.130. The smallest absolute Gasteiger partial charge is 0.324 e. The normalized spacial score (nSPS) is 25.0. The van der Waals surface area contributed by atoms with Gasteiger partial charge in [0.05, 0.1) is 6.20 Å². The summed E-state index contributed by atoms with van der Waals surface area (Å²) in [7, 11) is 1.91. The van der Waals surface area contributed by atoms with Crippen LogP contribution in [0.25, 0.3) is 0 Å². The Kier molecular flexibility index (Phi) is 3.68. The van der Waals surface area contributed by atoms with E-state index in [1.165, 1.54) is 10.5 Å². The van der Waals surface area contributed by atoms with E-state index in [1.54, 1.807) is 13.8 Å². The number of hydrogen-bond donors (Lipinski definition) is 1. The summed E-state index contributed by atoms with van der Waals surface area (Å²) in [6.07, 6.45) is 6.17. The van der Waals surface area contributed by atoms with Gasteiger partial charge in [0.1, 0.15) is 5.54 Å². The minimum absolute atomic E-state index is 0.144. The molecule has 3 rings (SSSR count). The average molecular weight is 305 g/mol. The van der Waals surface area contributed by atoms with Crippen LogP contribution in [-0.4, -0.2) is 56.7 Å². The van der Waals surface area contributed by atoms with Crippen molar-refractivity contribution in [1.82, 2.24) is 24.9 Å². The van der Waals surface area contributed by atoms with E-state index in [2.05, 4.69) is 15.3 Å². The number of nitrogens with one attached hydrogen (secondary N) is 1. The van der Waals surface area contributed by atoms with Gasteiger partial charge in [-0.1, -0.05) is 0 Å². The van der Waals surface area contributed by atoms with E-state index in [4.69, 9.17) is 0 Å². The fourth-order valence-corrected chi connectivity index (χ4v) is 3.33. The molecule has 3 amide bonds. The third kappa shape index (κ3) is 2.61. The number of aryl methyl sites for hydroxylation is 1. The average Bonchev–Trinajstić information content (AvgIpc) is 3.10. The zero-order valence-electron chi connectivity index (χ0n) is 13.4. The van der Waals surface area contributed by atoms with Crippen molar-refractivity contribution in [2.24, 2.45) is 7.05 Å². The number of likely N-dealkylation sites (tertiary alicyclic amines) is 1. The fourth-order valence-electron chi connectivity index (χ4n) is 3.33. The number of nitrogens with zero attached hydrogens (tertiary/aromatic N) is 4. The molecule has 2 aliphatic heterocycles. The Balaban J connectivity index is 1.64. The number of imide groups is 1. The minimum atomic E-state index is -0.787. The molecule has 0 aromatic carbocycles. The Morgan fingerprint density at radius 3 is 2.73 bits per heavy atom. The third-order valence-corrected chi connectivity index (χ3v) is 4.53. The molecule has 2 fully saturated rings. The summed E-state index contributed by atoms with van der Waals surface area (Å²) in [6.45, 7) is 5.61. The Bertz CT molecular complexity index is 595. The van der Waals surface area contributed by atoms with Gasteiger partial charge >= 0.3 is 6.03 Å². The molecule has 2 aliphatic rings. The summed E-state index contributed by atoms with van der Waals surface area (Å²) in [5.74, 6) is -0.144. The quantitative estimate of drug-likeness (QED) is 0.839. The second-order valence-corrected chi connectivity index (χ2v) is 6.65. The first-order valence-electron chi connectivity index (χ1n) is 7.75. The van der Waals surface area contributed by atoms with Crippen LogP contribution < -0.4 is 5.32 Å². The molecule has 7 heteroatoms. The number of hydrogen-bond acceptors (Lipinski definition) is 4. The van der Waals surface area contributed by atoms with Crippen LogP contribution >= 0.6 is 0 Å². The van der Waals surface area contributed by atoms with Crippen LogP contribution in [0, 0.1) is 0 Å². The summed E-state index contributed by atoms with van der Waals surface area (Å²) in [5.41, 5.74) is 0.419. The largest absolute Gasteiger partial charge is 0.325 e. The molecular weight excluding hydrogens is 282 g/mol. The first-order valence-corrected chi connectivity index (χ1v) is 7.75. The van der Waals surface area contributed by atoms with Crippen molar-refractivity contribution >= 4 is 11.9 Å². The van der Waals surface area contributed by atoms with Crippen LogP contribution in [0.3, 0.4) is 0 Å². The zero-order chi connectivity index (χ0) is 15.9. The predicted octanol–water partition coefficient (Wildman–Crippen LogP) is 0.887. The Morgan fingerprint density at radius 1 is 1.36 bits per heavy atom. The van der Waals surface area contributed by atoms with Crippen LogP contribution in [0.1, 0.15) is 38.3 Å². The lowest BCUT2D eigenvalue weighted by Gasteiger charge is -2.25. The van der Waals surface area contributed by atoms with Gasteiger partial charge in [-0.25, -0.2) is 4.79 Å². The number of amides is 3. The van der Waals surface area contributed by atoms with Crippen molar-refractivity contribution in [3.8, 4) is 0 Å². The summed E-state index contributed by atoms with van der Waals surface area (Å²) in [6, 6.07) is 0.0506. The minimum Gasteiger partial charge on any atom is -0.324 e. The van der Waals surface area contributed by atoms with Crippen molar-refractivity contribution in [2.45, 2.75) is 38.3 Å². The number of aromatic nitrogens is 2. The number of carbonyl (C=O) groups is 2. The molecule has 0 spiro atoms. The summed E-state index contributed by atoms with van der Waals surface area (Å²) < 4.78 is 1.81. The van der Waals surface area contributed by atoms with Crippen LogP contribution in [0.15, 0.2) is 12.4 Å². The van der Waals surface area contributed by atoms with E-state index in [-0.39, 0.29) is 11.9 Å². The highest BCUT2D eigenvalue weighted by Gasteiger charge is 2.44. The topological polar surface area (TPSA) is 70.5 Å². The molecule has 1 aromatic rings. The number of carbonyl (C=O) groups excluding carboxylic acids is 2. The predicted molar refractivity (Wildman–Crippen MR) is 81.1 cm³/mol. The molecule has 22 heavy (non-hydrogen) atoms. The molecular formula is C15H23N5O2. The molecule has 120 valence electrons.